The van der Waals surface area contributed by atoms with E-state index in [4.69, 9.17) is 9.47 Å². The van der Waals surface area contributed by atoms with Crippen molar-refractivity contribution in [2.45, 2.75) is 18.2 Å². The van der Waals surface area contributed by atoms with Gasteiger partial charge >= 0.3 is 6.03 Å². The minimum absolute atomic E-state index is 0.213. The molecule has 0 bridgehead atoms. The second-order valence-electron chi connectivity index (χ2n) is 5.28. The summed E-state index contributed by atoms with van der Waals surface area (Å²) in [5.41, 5.74) is 1.85. The van der Waals surface area contributed by atoms with E-state index in [1.54, 1.807) is 18.9 Å². The zero-order chi connectivity index (χ0) is 18.1. The smallest absolute Gasteiger partial charge is 0.319 e. The number of carbonyl (C=O) groups excluding carboxylic acids is 1. The molecule has 25 heavy (non-hydrogen) atoms. The first kappa shape index (κ1) is 19.0. The lowest BCUT2D eigenvalue weighted by Gasteiger charge is -2.11. The molecule has 0 fully saturated rings. The predicted molar refractivity (Wildman–Crippen MR) is 103 cm³/mol. The Hall–Kier alpha value is -2.34. The molecule has 0 heterocycles. The van der Waals surface area contributed by atoms with Crippen molar-refractivity contribution in [3.8, 4) is 11.5 Å². The third kappa shape index (κ3) is 5.90. The molecule has 0 atom stereocenters. The molecule has 2 amide bonds. The topological polar surface area (TPSA) is 59.6 Å². The van der Waals surface area contributed by atoms with Crippen LogP contribution in [-0.2, 0) is 6.42 Å². The van der Waals surface area contributed by atoms with Gasteiger partial charge in [0.2, 0.25) is 0 Å². The van der Waals surface area contributed by atoms with Gasteiger partial charge in [-0.05, 0) is 61.6 Å². The van der Waals surface area contributed by atoms with Crippen molar-refractivity contribution in [2.75, 3.05) is 31.8 Å². The SMILES string of the molecule is CCOc1ccc(CCNC(=O)Nc2ccc(SC)cc2)cc1OC. The monoisotopic (exact) mass is 360 g/mol. The molecular formula is C19H24N2O3S. The Morgan fingerprint density at radius 3 is 2.52 bits per heavy atom. The molecule has 0 unspecified atom stereocenters. The zero-order valence-electron chi connectivity index (χ0n) is 14.8. The Kier molecular flexibility index (Phi) is 7.47. The Morgan fingerprint density at radius 2 is 1.88 bits per heavy atom. The maximum Gasteiger partial charge on any atom is 0.319 e. The molecule has 0 saturated carbocycles. The average Bonchev–Trinajstić information content (AvgIpc) is 2.63. The minimum atomic E-state index is -0.213. The minimum Gasteiger partial charge on any atom is -0.493 e. The summed E-state index contributed by atoms with van der Waals surface area (Å²) in [5.74, 6) is 1.44. The number of hydrogen-bond acceptors (Lipinski definition) is 4. The van der Waals surface area contributed by atoms with E-state index in [1.165, 1.54) is 0 Å². The number of hydrogen-bond donors (Lipinski definition) is 2. The molecule has 5 nitrogen and oxygen atoms in total. The van der Waals surface area contributed by atoms with Gasteiger partial charge in [0.25, 0.3) is 0 Å². The highest BCUT2D eigenvalue weighted by Gasteiger charge is 2.06. The van der Waals surface area contributed by atoms with Gasteiger partial charge in [0.05, 0.1) is 13.7 Å². The second kappa shape index (κ2) is 9.84. The highest BCUT2D eigenvalue weighted by molar-refractivity contribution is 7.98. The van der Waals surface area contributed by atoms with E-state index >= 15 is 0 Å². The summed E-state index contributed by atoms with van der Waals surface area (Å²) >= 11 is 1.67. The summed E-state index contributed by atoms with van der Waals surface area (Å²) in [7, 11) is 1.62. The fourth-order valence-corrected chi connectivity index (χ4v) is 2.72. The number of methoxy groups -OCH3 is 1. The molecule has 134 valence electrons. The van der Waals surface area contributed by atoms with Crippen LogP contribution in [0.4, 0.5) is 10.5 Å². The number of rotatable bonds is 8. The molecule has 0 radical (unpaired) electrons. The Morgan fingerprint density at radius 1 is 1.12 bits per heavy atom. The molecule has 2 aromatic carbocycles. The zero-order valence-corrected chi connectivity index (χ0v) is 15.6. The fraction of sp³-hybridized carbons (Fsp3) is 0.316. The summed E-state index contributed by atoms with van der Waals surface area (Å²) in [6, 6.07) is 13.3. The lowest BCUT2D eigenvalue weighted by molar-refractivity contribution is 0.252. The van der Waals surface area contributed by atoms with Gasteiger partial charge in [-0.3, -0.25) is 0 Å². The molecule has 0 saturated heterocycles. The molecule has 2 rings (SSSR count). The highest BCUT2D eigenvalue weighted by Crippen LogP contribution is 2.28. The van der Waals surface area contributed by atoms with Gasteiger partial charge < -0.3 is 20.1 Å². The Labute approximate surface area is 153 Å². The second-order valence-corrected chi connectivity index (χ2v) is 6.16. The number of carbonyl (C=O) groups is 1. The molecule has 2 aromatic rings. The van der Waals surface area contributed by atoms with Crippen molar-refractivity contribution in [1.29, 1.82) is 0 Å². The number of thioether (sulfide) groups is 1. The number of ether oxygens (including phenoxy) is 2. The molecule has 0 aromatic heterocycles. The van der Waals surface area contributed by atoms with Crippen molar-refractivity contribution in [3.63, 3.8) is 0 Å². The van der Waals surface area contributed by atoms with Crippen LogP contribution in [0.15, 0.2) is 47.4 Å². The molecular weight excluding hydrogens is 336 g/mol. The van der Waals surface area contributed by atoms with E-state index in [9.17, 15) is 4.79 Å². The van der Waals surface area contributed by atoms with Gasteiger partial charge in [-0.2, -0.15) is 0 Å². The van der Waals surface area contributed by atoms with Gasteiger partial charge in [-0.1, -0.05) is 6.07 Å². The van der Waals surface area contributed by atoms with Crippen molar-refractivity contribution in [3.05, 3.63) is 48.0 Å². The van der Waals surface area contributed by atoms with E-state index in [1.807, 2.05) is 55.6 Å². The molecule has 0 aliphatic heterocycles. The molecule has 0 spiro atoms. The van der Waals surface area contributed by atoms with Crippen LogP contribution in [0.25, 0.3) is 0 Å². The standard InChI is InChI=1S/C19H24N2O3S/c1-4-24-17-10-5-14(13-18(17)23-2)11-12-20-19(22)21-15-6-8-16(25-3)9-7-15/h5-10,13H,4,11-12H2,1-3H3,(H2,20,21,22). The van der Waals surface area contributed by atoms with Crippen LogP contribution in [0.3, 0.4) is 0 Å². The first-order valence-electron chi connectivity index (χ1n) is 8.15. The van der Waals surface area contributed by atoms with Gasteiger partial charge in [0, 0.05) is 17.1 Å². The van der Waals surface area contributed by atoms with Crippen LogP contribution in [0.5, 0.6) is 11.5 Å². The molecule has 6 heteroatoms. The number of nitrogens with one attached hydrogen (secondary N) is 2. The van der Waals surface area contributed by atoms with Gasteiger partial charge in [0.15, 0.2) is 11.5 Å². The Bertz CT molecular complexity index is 690. The van der Waals surface area contributed by atoms with Crippen LogP contribution >= 0.6 is 11.8 Å². The first-order valence-corrected chi connectivity index (χ1v) is 9.37. The quantitative estimate of drug-likeness (QED) is 0.693. The molecule has 0 aliphatic carbocycles. The van der Waals surface area contributed by atoms with Crippen LogP contribution in [-0.4, -0.2) is 32.5 Å². The van der Waals surface area contributed by atoms with E-state index in [2.05, 4.69) is 10.6 Å². The summed E-state index contributed by atoms with van der Waals surface area (Å²) in [6.45, 7) is 3.06. The van der Waals surface area contributed by atoms with Crippen LogP contribution in [0, 0.1) is 0 Å². The summed E-state index contributed by atoms with van der Waals surface area (Å²) in [4.78, 5) is 13.1. The molecule has 2 N–H and O–H groups in total. The fourth-order valence-electron chi connectivity index (χ4n) is 2.31. The third-order valence-corrected chi connectivity index (χ3v) is 4.32. The predicted octanol–water partition coefficient (Wildman–Crippen LogP) is 4.18. The van der Waals surface area contributed by atoms with Crippen LogP contribution in [0.1, 0.15) is 12.5 Å². The third-order valence-electron chi connectivity index (χ3n) is 3.57. The summed E-state index contributed by atoms with van der Waals surface area (Å²) < 4.78 is 10.8. The normalized spacial score (nSPS) is 10.2. The number of anilines is 1. The summed E-state index contributed by atoms with van der Waals surface area (Å²) in [6.07, 6.45) is 2.73. The van der Waals surface area contributed by atoms with Crippen molar-refractivity contribution < 1.29 is 14.3 Å². The van der Waals surface area contributed by atoms with Gasteiger partial charge in [-0.15, -0.1) is 11.8 Å². The lowest BCUT2D eigenvalue weighted by Crippen LogP contribution is -2.30. The van der Waals surface area contributed by atoms with E-state index < -0.39 is 0 Å². The maximum absolute atomic E-state index is 11.9. The first-order chi connectivity index (χ1) is 12.2. The van der Waals surface area contributed by atoms with Crippen LogP contribution < -0.4 is 20.1 Å². The van der Waals surface area contributed by atoms with Gasteiger partial charge in [0.1, 0.15) is 0 Å². The van der Waals surface area contributed by atoms with Crippen molar-refractivity contribution in [1.82, 2.24) is 5.32 Å². The van der Waals surface area contributed by atoms with Crippen LogP contribution in [0.2, 0.25) is 0 Å². The highest BCUT2D eigenvalue weighted by atomic mass is 32.2. The largest absolute Gasteiger partial charge is 0.493 e. The van der Waals surface area contributed by atoms with Gasteiger partial charge in [-0.25, -0.2) is 4.79 Å². The van der Waals surface area contributed by atoms with Crippen molar-refractivity contribution >= 4 is 23.5 Å². The average molecular weight is 360 g/mol. The summed E-state index contributed by atoms with van der Waals surface area (Å²) in [5, 5.41) is 5.68. The lowest BCUT2D eigenvalue weighted by atomic mass is 10.1. The molecule has 0 aliphatic rings. The maximum atomic E-state index is 11.9. The Balaban J connectivity index is 1.82. The number of urea groups is 1. The van der Waals surface area contributed by atoms with Crippen molar-refractivity contribution in [2.24, 2.45) is 0 Å². The number of benzene rings is 2. The van der Waals surface area contributed by atoms with E-state index in [0.717, 1.165) is 21.9 Å². The van der Waals surface area contributed by atoms with E-state index in [-0.39, 0.29) is 6.03 Å². The van der Waals surface area contributed by atoms with E-state index in [0.29, 0.717) is 25.3 Å². The number of amides is 2.